The zero-order chi connectivity index (χ0) is 15.5. The highest BCUT2D eigenvalue weighted by atomic mass is 35.5. The van der Waals surface area contributed by atoms with Crippen LogP contribution in [0.2, 0.25) is 10.0 Å². The summed E-state index contributed by atoms with van der Waals surface area (Å²) in [5.74, 6) is -0.0699. The summed E-state index contributed by atoms with van der Waals surface area (Å²) < 4.78 is 1.50. The van der Waals surface area contributed by atoms with Crippen molar-refractivity contribution in [1.29, 1.82) is 0 Å². The maximum absolute atomic E-state index is 12.0. The van der Waals surface area contributed by atoms with Gasteiger partial charge in [0.25, 0.3) is 0 Å². The quantitative estimate of drug-likeness (QED) is 0.925. The Balaban J connectivity index is 1.57. The molecule has 0 saturated carbocycles. The number of carbonyl (C=O) groups excluding carboxylic acids is 1. The highest BCUT2D eigenvalue weighted by Crippen LogP contribution is 2.31. The van der Waals surface area contributed by atoms with Gasteiger partial charge in [-0.2, -0.15) is 0 Å². The van der Waals surface area contributed by atoms with Crippen molar-refractivity contribution in [2.75, 3.05) is 18.0 Å². The van der Waals surface area contributed by atoms with Crippen LogP contribution in [-0.4, -0.2) is 40.0 Å². The molecule has 1 saturated heterocycles. The fraction of sp³-hybridized carbons (Fsp3) is 0.357. The predicted octanol–water partition coefficient (Wildman–Crippen LogP) is 1.98. The Labute approximate surface area is 138 Å². The summed E-state index contributed by atoms with van der Waals surface area (Å²) in [6.45, 7) is 1.75. The highest BCUT2D eigenvalue weighted by molar-refractivity contribution is 6.36. The van der Waals surface area contributed by atoms with Gasteiger partial charge < -0.3 is 10.2 Å². The molecule has 1 fully saturated rings. The van der Waals surface area contributed by atoms with E-state index in [4.69, 9.17) is 23.2 Å². The number of aromatic nitrogens is 3. The second kappa shape index (κ2) is 6.54. The first-order valence-corrected chi connectivity index (χ1v) is 7.71. The summed E-state index contributed by atoms with van der Waals surface area (Å²) in [6, 6.07) is 5.56. The smallest absolute Gasteiger partial charge is 0.242 e. The number of halogens is 2. The highest BCUT2D eigenvalue weighted by Gasteiger charge is 2.25. The molecule has 1 N–H and O–H groups in total. The molecular formula is C14H15Cl2N5O. The van der Waals surface area contributed by atoms with Crippen molar-refractivity contribution in [1.82, 2.24) is 20.3 Å². The van der Waals surface area contributed by atoms with Crippen LogP contribution in [0.1, 0.15) is 6.42 Å². The van der Waals surface area contributed by atoms with Gasteiger partial charge in [0.15, 0.2) is 0 Å². The van der Waals surface area contributed by atoms with E-state index in [9.17, 15) is 4.79 Å². The van der Waals surface area contributed by atoms with E-state index in [1.54, 1.807) is 18.5 Å². The second-order valence-corrected chi connectivity index (χ2v) is 6.04. The number of anilines is 1. The van der Waals surface area contributed by atoms with Gasteiger partial charge in [0.2, 0.25) is 5.91 Å². The molecule has 2 aromatic rings. The van der Waals surface area contributed by atoms with E-state index >= 15 is 0 Å². The lowest BCUT2D eigenvalue weighted by molar-refractivity contribution is -0.122. The molecule has 1 aliphatic heterocycles. The summed E-state index contributed by atoms with van der Waals surface area (Å²) >= 11 is 12.1. The lowest BCUT2D eigenvalue weighted by Gasteiger charge is -2.20. The molecule has 1 unspecified atom stereocenters. The standard InChI is InChI=1S/C14H15Cl2N5O/c15-10-1-2-13(12(16)7-10)20-5-3-11(8-20)18-14(22)9-21-6-4-17-19-21/h1-2,4,6-7,11H,3,5,8-9H2,(H,18,22). The van der Waals surface area contributed by atoms with Gasteiger partial charge in [-0.3, -0.25) is 4.79 Å². The lowest BCUT2D eigenvalue weighted by Crippen LogP contribution is -2.39. The number of hydrogen-bond donors (Lipinski definition) is 1. The average Bonchev–Trinajstić information content (AvgIpc) is 3.10. The predicted molar refractivity (Wildman–Crippen MR) is 85.2 cm³/mol. The second-order valence-electron chi connectivity index (χ2n) is 5.20. The van der Waals surface area contributed by atoms with Gasteiger partial charge in [0.05, 0.1) is 16.9 Å². The maximum atomic E-state index is 12.0. The molecule has 8 heteroatoms. The fourth-order valence-electron chi connectivity index (χ4n) is 2.57. The summed E-state index contributed by atoms with van der Waals surface area (Å²) in [5.41, 5.74) is 0.944. The summed E-state index contributed by atoms with van der Waals surface area (Å²) in [7, 11) is 0. The molecule has 22 heavy (non-hydrogen) atoms. The molecule has 116 valence electrons. The molecule has 2 heterocycles. The number of carbonyl (C=O) groups is 1. The number of hydrogen-bond acceptors (Lipinski definition) is 4. The topological polar surface area (TPSA) is 63.1 Å². The number of rotatable bonds is 4. The van der Waals surface area contributed by atoms with Gasteiger partial charge in [0.1, 0.15) is 6.54 Å². The van der Waals surface area contributed by atoms with E-state index in [0.717, 1.165) is 25.2 Å². The van der Waals surface area contributed by atoms with Crippen LogP contribution in [-0.2, 0) is 11.3 Å². The molecule has 0 spiro atoms. The SMILES string of the molecule is O=C(Cn1ccnn1)NC1CCN(c2ccc(Cl)cc2Cl)C1. The van der Waals surface area contributed by atoms with Crippen molar-refractivity contribution in [3.63, 3.8) is 0 Å². The van der Waals surface area contributed by atoms with Crippen molar-refractivity contribution in [3.8, 4) is 0 Å². The van der Waals surface area contributed by atoms with Gasteiger partial charge in [0, 0.05) is 30.4 Å². The van der Waals surface area contributed by atoms with E-state index < -0.39 is 0 Å². The minimum absolute atomic E-state index is 0.0699. The summed E-state index contributed by atoms with van der Waals surface area (Å²) in [6.07, 6.45) is 4.09. The molecule has 1 amide bonds. The third-order valence-electron chi connectivity index (χ3n) is 3.58. The van der Waals surface area contributed by atoms with Gasteiger partial charge >= 0.3 is 0 Å². The first-order valence-electron chi connectivity index (χ1n) is 6.95. The molecular weight excluding hydrogens is 325 g/mol. The van der Waals surface area contributed by atoms with Crippen LogP contribution < -0.4 is 10.2 Å². The zero-order valence-corrected chi connectivity index (χ0v) is 13.3. The van der Waals surface area contributed by atoms with Crippen molar-refractivity contribution < 1.29 is 4.79 Å². The molecule has 1 aliphatic rings. The summed E-state index contributed by atoms with van der Waals surface area (Å²) in [5, 5.41) is 11.7. The van der Waals surface area contributed by atoms with E-state index in [1.807, 2.05) is 12.1 Å². The molecule has 3 rings (SSSR count). The van der Waals surface area contributed by atoms with Crippen molar-refractivity contribution in [3.05, 3.63) is 40.6 Å². The number of nitrogens with one attached hydrogen (secondary N) is 1. The minimum Gasteiger partial charge on any atom is -0.368 e. The van der Waals surface area contributed by atoms with Crippen LogP contribution in [0.25, 0.3) is 0 Å². The largest absolute Gasteiger partial charge is 0.368 e. The van der Waals surface area contributed by atoms with Crippen molar-refractivity contribution in [2.24, 2.45) is 0 Å². The third-order valence-corrected chi connectivity index (χ3v) is 4.12. The summed E-state index contributed by atoms with van der Waals surface area (Å²) in [4.78, 5) is 14.1. The van der Waals surface area contributed by atoms with Crippen LogP contribution in [0, 0.1) is 0 Å². The first kappa shape index (κ1) is 15.1. The molecule has 0 aliphatic carbocycles. The molecule has 1 atom stereocenters. The molecule has 1 aromatic heterocycles. The molecule has 0 radical (unpaired) electrons. The lowest BCUT2D eigenvalue weighted by atomic mass is 10.2. The van der Waals surface area contributed by atoms with E-state index in [1.165, 1.54) is 4.68 Å². The minimum atomic E-state index is -0.0699. The van der Waals surface area contributed by atoms with Gasteiger partial charge in [-0.05, 0) is 24.6 Å². The van der Waals surface area contributed by atoms with Gasteiger partial charge in [-0.25, -0.2) is 4.68 Å². The molecule has 0 bridgehead atoms. The van der Waals surface area contributed by atoms with Crippen LogP contribution >= 0.6 is 23.2 Å². The Kier molecular flexibility index (Phi) is 4.49. The normalized spacial score (nSPS) is 17.7. The van der Waals surface area contributed by atoms with Crippen LogP contribution in [0.5, 0.6) is 0 Å². The van der Waals surface area contributed by atoms with E-state index in [0.29, 0.717) is 10.0 Å². The zero-order valence-electron chi connectivity index (χ0n) is 11.7. The Morgan fingerprint density at radius 1 is 1.41 bits per heavy atom. The van der Waals surface area contributed by atoms with Gasteiger partial charge in [-0.1, -0.05) is 28.4 Å². The Bertz CT molecular complexity index is 661. The molecule has 6 nitrogen and oxygen atoms in total. The van der Waals surface area contributed by atoms with Crippen LogP contribution in [0.3, 0.4) is 0 Å². The third kappa shape index (κ3) is 3.51. The number of amides is 1. The van der Waals surface area contributed by atoms with Crippen LogP contribution in [0.15, 0.2) is 30.6 Å². The fourth-order valence-corrected chi connectivity index (χ4v) is 3.10. The Morgan fingerprint density at radius 2 is 2.27 bits per heavy atom. The van der Waals surface area contributed by atoms with E-state index in [2.05, 4.69) is 20.5 Å². The van der Waals surface area contributed by atoms with Crippen LogP contribution in [0.4, 0.5) is 5.69 Å². The number of benzene rings is 1. The van der Waals surface area contributed by atoms with Crippen molar-refractivity contribution in [2.45, 2.75) is 19.0 Å². The maximum Gasteiger partial charge on any atom is 0.242 e. The van der Waals surface area contributed by atoms with Crippen molar-refractivity contribution >= 4 is 34.8 Å². The van der Waals surface area contributed by atoms with E-state index in [-0.39, 0.29) is 18.5 Å². The monoisotopic (exact) mass is 339 g/mol. The number of nitrogens with zero attached hydrogens (tertiary/aromatic N) is 4. The average molecular weight is 340 g/mol. The van der Waals surface area contributed by atoms with Gasteiger partial charge in [-0.15, -0.1) is 5.10 Å². The Morgan fingerprint density at radius 3 is 3.00 bits per heavy atom. The molecule has 1 aromatic carbocycles. The Hall–Kier alpha value is -1.79. The first-order chi connectivity index (χ1) is 10.6.